The van der Waals surface area contributed by atoms with Gasteiger partial charge in [-0.2, -0.15) is 0 Å². The van der Waals surface area contributed by atoms with Gasteiger partial charge in [0, 0.05) is 18.5 Å². The van der Waals surface area contributed by atoms with Crippen LogP contribution in [0, 0.1) is 11.7 Å². The molecule has 20 heavy (non-hydrogen) atoms. The standard InChI is InChI=1S/C15H19FN2O2/c1-15(2,3)17-14(20)10-8-13(19)18(9-10)12-7-5-4-6-11(12)16/h4-7,10H,8-9H2,1-3H3,(H,17,20)/t10-/m0/s1. The summed E-state index contributed by atoms with van der Waals surface area (Å²) in [5, 5.41) is 2.86. The third-order valence-electron chi connectivity index (χ3n) is 3.14. The van der Waals surface area contributed by atoms with Crippen LogP contribution in [-0.4, -0.2) is 23.9 Å². The van der Waals surface area contributed by atoms with Crippen LogP contribution in [0.1, 0.15) is 27.2 Å². The number of hydrogen-bond acceptors (Lipinski definition) is 2. The van der Waals surface area contributed by atoms with Crippen molar-refractivity contribution in [2.24, 2.45) is 5.92 Å². The van der Waals surface area contributed by atoms with E-state index in [9.17, 15) is 14.0 Å². The number of anilines is 1. The zero-order valence-electron chi connectivity index (χ0n) is 11.9. The highest BCUT2D eigenvalue weighted by molar-refractivity contribution is 6.00. The third kappa shape index (κ3) is 3.15. The fourth-order valence-corrected chi connectivity index (χ4v) is 2.26. The van der Waals surface area contributed by atoms with E-state index in [1.54, 1.807) is 18.2 Å². The molecule has 2 rings (SSSR count). The quantitative estimate of drug-likeness (QED) is 0.900. The number of nitrogens with zero attached hydrogens (tertiary/aromatic N) is 1. The normalized spacial score (nSPS) is 19.3. The molecule has 1 saturated heterocycles. The van der Waals surface area contributed by atoms with Gasteiger partial charge in [-0.05, 0) is 32.9 Å². The molecule has 0 radical (unpaired) electrons. The molecule has 108 valence electrons. The van der Waals surface area contributed by atoms with Crippen LogP contribution in [-0.2, 0) is 9.59 Å². The number of rotatable bonds is 2. The number of carbonyl (C=O) groups is 2. The number of carbonyl (C=O) groups excluding carboxylic acids is 2. The van der Waals surface area contributed by atoms with Gasteiger partial charge in [-0.1, -0.05) is 12.1 Å². The van der Waals surface area contributed by atoms with Gasteiger partial charge in [-0.3, -0.25) is 9.59 Å². The lowest BCUT2D eigenvalue weighted by Crippen LogP contribution is -2.44. The molecule has 2 amide bonds. The summed E-state index contributed by atoms with van der Waals surface area (Å²) in [4.78, 5) is 25.4. The van der Waals surface area contributed by atoms with Gasteiger partial charge in [-0.25, -0.2) is 4.39 Å². The highest BCUT2D eigenvalue weighted by Gasteiger charge is 2.36. The first-order valence-electron chi connectivity index (χ1n) is 6.65. The minimum absolute atomic E-state index is 0.121. The van der Waals surface area contributed by atoms with Gasteiger partial charge in [0.15, 0.2) is 0 Å². The minimum atomic E-state index is -0.447. The van der Waals surface area contributed by atoms with Crippen molar-refractivity contribution in [2.75, 3.05) is 11.4 Å². The summed E-state index contributed by atoms with van der Waals surface area (Å²) in [6.07, 6.45) is 0.121. The smallest absolute Gasteiger partial charge is 0.227 e. The van der Waals surface area contributed by atoms with E-state index >= 15 is 0 Å². The molecule has 0 unspecified atom stereocenters. The number of benzene rings is 1. The summed E-state index contributed by atoms with van der Waals surface area (Å²) in [5.41, 5.74) is -0.102. The Morgan fingerprint density at radius 3 is 2.60 bits per heavy atom. The number of para-hydroxylation sites is 1. The predicted molar refractivity (Wildman–Crippen MR) is 74.8 cm³/mol. The fraction of sp³-hybridized carbons (Fsp3) is 0.467. The Morgan fingerprint density at radius 1 is 1.35 bits per heavy atom. The van der Waals surface area contributed by atoms with Crippen LogP contribution in [0.25, 0.3) is 0 Å². The third-order valence-corrected chi connectivity index (χ3v) is 3.14. The minimum Gasteiger partial charge on any atom is -0.351 e. The molecule has 1 N–H and O–H groups in total. The van der Waals surface area contributed by atoms with Gasteiger partial charge < -0.3 is 10.2 Å². The highest BCUT2D eigenvalue weighted by Crippen LogP contribution is 2.27. The van der Waals surface area contributed by atoms with Gasteiger partial charge in [-0.15, -0.1) is 0 Å². The largest absolute Gasteiger partial charge is 0.351 e. The average molecular weight is 278 g/mol. The first-order chi connectivity index (χ1) is 9.28. The summed E-state index contributed by atoms with van der Waals surface area (Å²) in [7, 11) is 0. The van der Waals surface area contributed by atoms with E-state index in [1.165, 1.54) is 11.0 Å². The number of amides is 2. The molecule has 4 nitrogen and oxygen atoms in total. The maximum Gasteiger partial charge on any atom is 0.227 e. The van der Waals surface area contributed by atoms with Crippen molar-refractivity contribution in [3.63, 3.8) is 0 Å². The second kappa shape index (κ2) is 5.23. The Kier molecular flexibility index (Phi) is 3.79. The maximum absolute atomic E-state index is 13.7. The SMILES string of the molecule is CC(C)(C)NC(=O)[C@H]1CC(=O)N(c2ccccc2F)C1. The summed E-state index contributed by atoms with van der Waals surface area (Å²) >= 11 is 0. The van der Waals surface area contributed by atoms with E-state index < -0.39 is 11.7 Å². The van der Waals surface area contributed by atoms with Crippen molar-refractivity contribution in [1.82, 2.24) is 5.32 Å². The predicted octanol–water partition coefficient (Wildman–Crippen LogP) is 2.09. The zero-order chi connectivity index (χ0) is 14.9. The molecular formula is C15H19FN2O2. The number of nitrogens with one attached hydrogen (secondary N) is 1. The Balaban J connectivity index is 2.12. The van der Waals surface area contributed by atoms with Gasteiger partial charge in [0.05, 0.1) is 11.6 Å². The molecule has 0 aromatic heterocycles. The molecule has 0 bridgehead atoms. The molecule has 1 fully saturated rings. The molecule has 1 aliphatic heterocycles. The molecule has 0 spiro atoms. The molecule has 1 aliphatic rings. The summed E-state index contributed by atoms with van der Waals surface area (Å²) < 4.78 is 13.7. The molecule has 1 aromatic carbocycles. The second-order valence-electron chi connectivity index (χ2n) is 6.10. The van der Waals surface area contributed by atoms with Crippen molar-refractivity contribution < 1.29 is 14.0 Å². The van der Waals surface area contributed by atoms with Crippen molar-refractivity contribution in [1.29, 1.82) is 0 Å². The van der Waals surface area contributed by atoms with Crippen molar-refractivity contribution in [3.8, 4) is 0 Å². The van der Waals surface area contributed by atoms with Crippen molar-refractivity contribution in [2.45, 2.75) is 32.7 Å². The zero-order valence-corrected chi connectivity index (χ0v) is 11.9. The Hall–Kier alpha value is -1.91. The van der Waals surface area contributed by atoms with Crippen molar-refractivity contribution >= 4 is 17.5 Å². The number of halogens is 1. The summed E-state index contributed by atoms with van der Waals surface area (Å²) in [6, 6.07) is 6.11. The van der Waals surface area contributed by atoms with E-state index in [2.05, 4.69) is 5.32 Å². The van der Waals surface area contributed by atoms with Crippen LogP contribution < -0.4 is 10.2 Å². The molecule has 0 saturated carbocycles. The summed E-state index contributed by atoms with van der Waals surface area (Å²) in [5.74, 6) is -1.26. The van der Waals surface area contributed by atoms with E-state index in [0.29, 0.717) is 0 Å². The second-order valence-corrected chi connectivity index (χ2v) is 6.10. The highest BCUT2D eigenvalue weighted by atomic mass is 19.1. The van der Waals surface area contributed by atoms with E-state index in [-0.39, 0.29) is 36.0 Å². The van der Waals surface area contributed by atoms with Gasteiger partial charge in [0.1, 0.15) is 5.82 Å². The number of hydrogen-bond donors (Lipinski definition) is 1. The lowest BCUT2D eigenvalue weighted by Gasteiger charge is -2.23. The van der Waals surface area contributed by atoms with E-state index in [0.717, 1.165) is 0 Å². The Morgan fingerprint density at radius 2 is 2.00 bits per heavy atom. The Labute approximate surface area is 118 Å². The van der Waals surface area contributed by atoms with Crippen LogP contribution in [0.3, 0.4) is 0 Å². The van der Waals surface area contributed by atoms with Gasteiger partial charge in [0.2, 0.25) is 11.8 Å². The molecule has 1 atom stereocenters. The van der Waals surface area contributed by atoms with Crippen LogP contribution >= 0.6 is 0 Å². The fourth-order valence-electron chi connectivity index (χ4n) is 2.26. The Bertz CT molecular complexity index is 537. The van der Waals surface area contributed by atoms with Gasteiger partial charge in [0.25, 0.3) is 0 Å². The topological polar surface area (TPSA) is 49.4 Å². The van der Waals surface area contributed by atoms with Crippen LogP contribution in [0.15, 0.2) is 24.3 Å². The lowest BCUT2D eigenvalue weighted by atomic mass is 10.0. The van der Waals surface area contributed by atoms with Crippen LogP contribution in [0.2, 0.25) is 0 Å². The first kappa shape index (κ1) is 14.5. The molecule has 0 aliphatic carbocycles. The van der Waals surface area contributed by atoms with Crippen LogP contribution in [0.4, 0.5) is 10.1 Å². The molecule has 1 aromatic rings. The molecular weight excluding hydrogens is 259 g/mol. The van der Waals surface area contributed by atoms with Gasteiger partial charge >= 0.3 is 0 Å². The lowest BCUT2D eigenvalue weighted by molar-refractivity contribution is -0.127. The van der Waals surface area contributed by atoms with E-state index in [1.807, 2.05) is 20.8 Å². The monoisotopic (exact) mass is 278 g/mol. The molecule has 1 heterocycles. The maximum atomic E-state index is 13.7. The first-order valence-corrected chi connectivity index (χ1v) is 6.65. The average Bonchev–Trinajstić information content (AvgIpc) is 2.70. The summed E-state index contributed by atoms with van der Waals surface area (Å²) in [6.45, 7) is 5.88. The van der Waals surface area contributed by atoms with E-state index in [4.69, 9.17) is 0 Å². The van der Waals surface area contributed by atoms with Crippen LogP contribution in [0.5, 0.6) is 0 Å². The van der Waals surface area contributed by atoms with Crippen molar-refractivity contribution in [3.05, 3.63) is 30.1 Å². The molecule has 5 heteroatoms.